The first-order chi connectivity index (χ1) is 12.6. The van der Waals surface area contributed by atoms with E-state index >= 15 is 0 Å². The summed E-state index contributed by atoms with van der Waals surface area (Å²) in [6.45, 7) is 0.673. The summed E-state index contributed by atoms with van der Waals surface area (Å²) in [6.07, 6.45) is 5.51. The van der Waals surface area contributed by atoms with Gasteiger partial charge in [-0.3, -0.25) is 4.79 Å². The largest absolute Gasteiger partial charge is 0.494 e. The molecule has 0 atom stereocenters. The Kier molecular flexibility index (Phi) is 5.92. The van der Waals surface area contributed by atoms with E-state index in [0.29, 0.717) is 19.4 Å². The molecule has 0 heterocycles. The van der Waals surface area contributed by atoms with Crippen LogP contribution in [-0.2, 0) is 16.6 Å². The molecule has 1 aliphatic carbocycles. The predicted octanol–water partition coefficient (Wildman–Crippen LogP) is 4.40. The molecular weight excluding hydrogens is 329 g/mol. The van der Waals surface area contributed by atoms with Gasteiger partial charge < -0.3 is 10.1 Å². The molecule has 138 valence electrons. The number of benzene rings is 2. The maximum atomic E-state index is 13.7. The molecule has 0 saturated heterocycles. The number of ether oxygens (including phenoxy) is 1. The van der Waals surface area contributed by atoms with Gasteiger partial charge in [-0.2, -0.15) is 0 Å². The summed E-state index contributed by atoms with van der Waals surface area (Å²) in [4.78, 5) is 12.3. The normalized spacial score (nSPS) is 15.6. The van der Waals surface area contributed by atoms with Crippen molar-refractivity contribution in [1.29, 1.82) is 0 Å². The molecule has 1 N–H and O–H groups in total. The Balaban J connectivity index is 1.55. The molecule has 1 aliphatic rings. The molecule has 1 amide bonds. The zero-order chi connectivity index (χ0) is 18.4. The van der Waals surface area contributed by atoms with Crippen LogP contribution >= 0.6 is 0 Å². The number of nitrogens with one attached hydrogen (secondary N) is 1. The van der Waals surface area contributed by atoms with Crippen LogP contribution in [0.25, 0.3) is 0 Å². The lowest BCUT2D eigenvalue weighted by atomic mass is 9.79. The van der Waals surface area contributed by atoms with Crippen molar-refractivity contribution in [3.63, 3.8) is 0 Å². The number of rotatable bonds is 7. The molecule has 0 aromatic heterocycles. The van der Waals surface area contributed by atoms with E-state index in [1.807, 2.05) is 6.07 Å². The van der Waals surface area contributed by atoms with Crippen LogP contribution in [0.4, 0.5) is 4.39 Å². The highest BCUT2D eigenvalue weighted by atomic mass is 19.1. The van der Waals surface area contributed by atoms with Gasteiger partial charge in [0.2, 0.25) is 5.91 Å². The van der Waals surface area contributed by atoms with Crippen molar-refractivity contribution in [2.75, 3.05) is 13.7 Å². The van der Waals surface area contributed by atoms with Crippen LogP contribution in [-0.4, -0.2) is 19.6 Å². The lowest BCUT2D eigenvalue weighted by molar-refractivity contribution is -0.121. The fourth-order valence-electron chi connectivity index (χ4n) is 3.89. The minimum atomic E-state index is -0.389. The number of hydrogen-bond acceptors (Lipinski definition) is 2. The van der Waals surface area contributed by atoms with Crippen LogP contribution in [0.5, 0.6) is 5.75 Å². The SMILES string of the molecule is COc1ccc(CCC(=O)NCC2(c3ccccc3)CCCC2)cc1F. The second-order valence-electron chi connectivity index (χ2n) is 7.10. The Hall–Kier alpha value is -2.36. The van der Waals surface area contributed by atoms with Crippen molar-refractivity contribution in [3.8, 4) is 5.75 Å². The second-order valence-corrected chi connectivity index (χ2v) is 7.10. The number of hydrogen-bond donors (Lipinski definition) is 1. The molecule has 0 unspecified atom stereocenters. The van der Waals surface area contributed by atoms with Gasteiger partial charge in [0.05, 0.1) is 7.11 Å². The van der Waals surface area contributed by atoms with Crippen LogP contribution in [0.1, 0.15) is 43.2 Å². The van der Waals surface area contributed by atoms with Crippen molar-refractivity contribution >= 4 is 5.91 Å². The van der Waals surface area contributed by atoms with Gasteiger partial charge in [0.1, 0.15) is 0 Å². The topological polar surface area (TPSA) is 38.3 Å². The van der Waals surface area contributed by atoms with Crippen LogP contribution in [0.3, 0.4) is 0 Å². The Bertz CT molecular complexity index is 739. The average molecular weight is 355 g/mol. The lowest BCUT2D eigenvalue weighted by Gasteiger charge is -2.30. The monoisotopic (exact) mass is 355 g/mol. The third-order valence-electron chi connectivity index (χ3n) is 5.43. The summed E-state index contributed by atoms with van der Waals surface area (Å²) in [6, 6.07) is 15.3. The number of amides is 1. The van der Waals surface area contributed by atoms with Crippen LogP contribution in [0, 0.1) is 5.82 Å². The van der Waals surface area contributed by atoms with Crippen LogP contribution in [0.15, 0.2) is 48.5 Å². The molecule has 2 aromatic carbocycles. The minimum absolute atomic E-state index is 0.0171. The fourth-order valence-corrected chi connectivity index (χ4v) is 3.89. The van der Waals surface area contributed by atoms with Crippen LogP contribution < -0.4 is 10.1 Å². The maximum Gasteiger partial charge on any atom is 0.220 e. The standard InChI is InChI=1S/C22H26FNO2/c1-26-20-11-9-17(15-19(20)23)10-12-21(25)24-16-22(13-5-6-14-22)18-7-3-2-4-8-18/h2-4,7-9,11,15H,5-6,10,12-14,16H2,1H3,(H,24,25). The van der Waals surface area contributed by atoms with E-state index in [1.54, 1.807) is 12.1 Å². The van der Waals surface area contributed by atoms with E-state index in [9.17, 15) is 9.18 Å². The number of halogens is 1. The summed E-state index contributed by atoms with van der Waals surface area (Å²) >= 11 is 0. The van der Waals surface area contributed by atoms with Crippen molar-refractivity contribution in [2.45, 2.75) is 43.9 Å². The zero-order valence-corrected chi connectivity index (χ0v) is 15.3. The Labute approximate surface area is 154 Å². The van der Waals surface area contributed by atoms with Gasteiger partial charge in [-0.15, -0.1) is 0 Å². The van der Waals surface area contributed by atoms with E-state index in [1.165, 1.54) is 31.6 Å². The third kappa shape index (κ3) is 4.24. The van der Waals surface area contributed by atoms with E-state index in [-0.39, 0.29) is 22.9 Å². The summed E-state index contributed by atoms with van der Waals surface area (Å²) < 4.78 is 18.7. The van der Waals surface area contributed by atoms with Gasteiger partial charge in [0, 0.05) is 18.4 Å². The molecule has 4 heteroatoms. The molecule has 3 rings (SSSR count). The molecule has 0 bridgehead atoms. The molecule has 0 radical (unpaired) electrons. The van der Waals surface area contributed by atoms with Gasteiger partial charge in [0.15, 0.2) is 11.6 Å². The molecule has 2 aromatic rings. The van der Waals surface area contributed by atoms with E-state index in [0.717, 1.165) is 18.4 Å². The summed E-state index contributed by atoms with van der Waals surface area (Å²) in [5, 5.41) is 3.11. The second kappa shape index (κ2) is 8.35. The van der Waals surface area contributed by atoms with Crippen molar-refractivity contribution < 1.29 is 13.9 Å². The Morgan fingerprint density at radius 1 is 1.15 bits per heavy atom. The summed E-state index contributed by atoms with van der Waals surface area (Å²) in [5.74, 6) is -0.146. The van der Waals surface area contributed by atoms with Crippen molar-refractivity contribution in [3.05, 3.63) is 65.5 Å². The first-order valence-corrected chi connectivity index (χ1v) is 9.28. The van der Waals surface area contributed by atoms with Crippen molar-refractivity contribution in [2.24, 2.45) is 0 Å². The summed E-state index contributed by atoms with van der Waals surface area (Å²) in [7, 11) is 1.44. The fraction of sp³-hybridized carbons (Fsp3) is 0.409. The van der Waals surface area contributed by atoms with Crippen molar-refractivity contribution in [1.82, 2.24) is 5.32 Å². The van der Waals surface area contributed by atoms with E-state index < -0.39 is 0 Å². The van der Waals surface area contributed by atoms with Gasteiger partial charge in [-0.25, -0.2) is 4.39 Å². The van der Waals surface area contributed by atoms with Gasteiger partial charge in [-0.05, 0) is 42.5 Å². The average Bonchev–Trinajstić information content (AvgIpc) is 3.16. The first kappa shape index (κ1) is 18.4. The maximum absolute atomic E-state index is 13.7. The first-order valence-electron chi connectivity index (χ1n) is 9.28. The quantitative estimate of drug-likeness (QED) is 0.800. The molecule has 0 spiro atoms. The molecule has 1 fully saturated rings. The van der Waals surface area contributed by atoms with Crippen LogP contribution in [0.2, 0.25) is 0 Å². The molecule has 0 aliphatic heterocycles. The minimum Gasteiger partial charge on any atom is -0.494 e. The highest BCUT2D eigenvalue weighted by Crippen LogP contribution is 2.40. The van der Waals surface area contributed by atoms with Gasteiger partial charge in [0.25, 0.3) is 0 Å². The molecule has 1 saturated carbocycles. The van der Waals surface area contributed by atoms with E-state index in [2.05, 4.69) is 29.6 Å². The zero-order valence-electron chi connectivity index (χ0n) is 15.3. The highest BCUT2D eigenvalue weighted by molar-refractivity contribution is 5.76. The molecular formula is C22H26FNO2. The van der Waals surface area contributed by atoms with Gasteiger partial charge in [-0.1, -0.05) is 49.2 Å². The van der Waals surface area contributed by atoms with Gasteiger partial charge >= 0.3 is 0 Å². The number of carbonyl (C=O) groups is 1. The third-order valence-corrected chi connectivity index (χ3v) is 5.43. The number of carbonyl (C=O) groups excluding carboxylic acids is 1. The molecule has 3 nitrogen and oxygen atoms in total. The highest BCUT2D eigenvalue weighted by Gasteiger charge is 2.35. The smallest absolute Gasteiger partial charge is 0.220 e. The molecule has 26 heavy (non-hydrogen) atoms. The number of aryl methyl sites for hydroxylation is 1. The predicted molar refractivity (Wildman–Crippen MR) is 101 cm³/mol. The Morgan fingerprint density at radius 3 is 2.54 bits per heavy atom. The van der Waals surface area contributed by atoms with E-state index in [4.69, 9.17) is 4.74 Å². The number of methoxy groups -OCH3 is 1. The Morgan fingerprint density at radius 2 is 1.88 bits per heavy atom. The summed E-state index contributed by atoms with van der Waals surface area (Å²) in [5.41, 5.74) is 2.18. The lowest BCUT2D eigenvalue weighted by Crippen LogP contribution is -2.39.